The van der Waals surface area contributed by atoms with Crippen LogP contribution in [-0.4, -0.2) is 34.8 Å². The highest BCUT2D eigenvalue weighted by molar-refractivity contribution is 5.85. The zero-order chi connectivity index (χ0) is 21.0. The van der Waals surface area contributed by atoms with Gasteiger partial charge in [-0.1, -0.05) is 60.7 Å². The van der Waals surface area contributed by atoms with E-state index in [0.29, 0.717) is 32.4 Å². The van der Waals surface area contributed by atoms with Crippen molar-refractivity contribution in [3.8, 4) is 11.1 Å². The van der Waals surface area contributed by atoms with Crippen molar-refractivity contribution in [3.63, 3.8) is 0 Å². The minimum Gasteiger partial charge on any atom is -0.369 e. The average Bonchev–Trinajstić information content (AvgIpc) is 3.21. The number of nitrogens with two attached hydrogens (primary N) is 1. The van der Waals surface area contributed by atoms with Crippen molar-refractivity contribution in [2.75, 3.05) is 13.1 Å². The molecule has 4 rings (SSSR count). The Bertz CT molecular complexity index is 1040. The lowest BCUT2D eigenvalue weighted by atomic mass is 9.78. The summed E-state index contributed by atoms with van der Waals surface area (Å²) < 4.78 is 0. The van der Waals surface area contributed by atoms with Gasteiger partial charge in [-0.05, 0) is 35.6 Å². The summed E-state index contributed by atoms with van der Waals surface area (Å²) in [5.41, 5.74) is 9.20. The van der Waals surface area contributed by atoms with E-state index >= 15 is 0 Å². The van der Waals surface area contributed by atoms with Gasteiger partial charge in [0.2, 0.25) is 11.8 Å². The molecule has 2 amide bonds. The lowest BCUT2D eigenvalue weighted by Gasteiger charge is -2.27. The summed E-state index contributed by atoms with van der Waals surface area (Å²) in [4.78, 5) is 31.4. The lowest BCUT2D eigenvalue weighted by Crippen LogP contribution is -2.42. The van der Waals surface area contributed by atoms with Crippen LogP contribution in [0.4, 0.5) is 0 Å². The Labute approximate surface area is 176 Å². The van der Waals surface area contributed by atoms with Crippen molar-refractivity contribution < 1.29 is 9.59 Å². The number of pyridine rings is 1. The predicted molar refractivity (Wildman–Crippen MR) is 116 cm³/mol. The molecule has 2 N–H and O–H groups in total. The molecule has 1 saturated heterocycles. The Morgan fingerprint density at radius 2 is 1.77 bits per heavy atom. The molecule has 2 heterocycles. The van der Waals surface area contributed by atoms with E-state index in [1.54, 1.807) is 11.1 Å². The molecule has 1 aliphatic rings. The number of aromatic nitrogens is 1. The number of benzene rings is 2. The Hall–Kier alpha value is -3.47. The van der Waals surface area contributed by atoms with Gasteiger partial charge in [0.15, 0.2) is 0 Å². The van der Waals surface area contributed by atoms with E-state index in [1.165, 1.54) is 0 Å². The Kier molecular flexibility index (Phi) is 5.61. The summed E-state index contributed by atoms with van der Waals surface area (Å²) in [6.07, 6.45) is 4.97. The van der Waals surface area contributed by atoms with Gasteiger partial charge in [-0.3, -0.25) is 14.6 Å². The smallest absolute Gasteiger partial charge is 0.227 e. The van der Waals surface area contributed by atoms with E-state index in [0.717, 1.165) is 22.3 Å². The molecule has 0 radical (unpaired) electrons. The van der Waals surface area contributed by atoms with Gasteiger partial charge in [-0.2, -0.15) is 0 Å². The number of hydrogen-bond donors (Lipinski definition) is 1. The van der Waals surface area contributed by atoms with E-state index < -0.39 is 5.41 Å². The Balaban J connectivity index is 1.56. The second-order valence-electron chi connectivity index (χ2n) is 7.95. The van der Waals surface area contributed by atoms with E-state index in [1.807, 2.05) is 72.9 Å². The topological polar surface area (TPSA) is 76.3 Å². The summed E-state index contributed by atoms with van der Waals surface area (Å²) in [6, 6.07) is 21.6. The Morgan fingerprint density at radius 1 is 1.00 bits per heavy atom. The van der Waals surface area contributed by atoms with Crippen LogP contribution in [0.2, 0.25) is 0 Å². The molecular weight excluding hydrogens is 374 g/mol. The van der Waals surface area contributed by atoms with Crippen LogP contribution in [0.5, 0.6) is 0 Å². The second-order valence-corrected chi connectivity index (χ2v) is 7.95. The molecule has 1 aromatic heterocycles. The summed E-state index contributed by atoms with van der Waals surface area (Å²) >= 11 is 0. The number of nitrogens with zero attached hydrogens (tertiary/aromatic N) is 2. The first-order chi connectivity index (χ1) is 14.6. The minimum absolute atomic E-state index is 0.0323. The molecule has 3 aromatic rings. The van der Waals surface area contributed by atoms with Crippen LogP contribution in [0, 0.1) is 5.41 Å². The first kappa shape index (κ1) is 19.8. The second kappa shape index (κ2) is 8.49. The third kappa shape index (κ3) is 4.10. The highest BCUT2D eigenvalue weighted by atomic mass is 16.2. The van der Waals surface area contributed by atoms with Crippen molar-refractivity contribution >= 4 is 11.8 Å². The molecule has 0 unspecified atom stereocenters. The van der Waals surface area contributed by atoms with E-state index in [9.17, 15) is 9.59 Å². The Morgan fingerprint density at radius 3 is 2.50 bits per heavy atom. The number of carbonyl (C=O) groups is 2. The molecule has 0 bridgehead atoms. The summed E-state index contributed by atoms with van der Waals surface area (Å²) in [7, 11) is 0. The SMILES string of the molecule is NC(=O)[C@]1(Cc2ccccc2-c2cccnc2)CCN(C(=O)Cc2ccccc2)C1. The quantitative estimate of drug-likeness (QED) is 0.691. The lowest BCUT2D eigenvalue weighted by molar-refractivity contribution is -0.131. The standard InChI is InChI=1S/C25H25N3O2/c26-24(30)25(12-14-28(18-25)23(29)15-19-7-2-1-3-8-19)16-20-9-4-5-11-22(20)21-10-6-13-27-17-21/h1-11,13,17H,12,14-16,18H2,(H2,26,30)/t25-/m0/s1. The van der Waals surface area contributed by atoms with Gasteiger partial charge in [0, 0.05) is 31.0 Å². The molecule has 5 heteroatoms. The van der Waals surface area contributed by atoms with Crippen LogP contribution < -0.4 is 5.73 Å². The van der Waals surface area contributed by atoms with E-state index in [4.69, 9.17) is 5.73 Å². The minimum atomic E-state index is -0.759. The first-order valence-electron chi connectivity index (χ1n) is 10.2. The van der Waals surface area contributed by atoms with Crippen LogP contribution >= 0.6 is 0 Å². The molecule has 1 fully saturated rings. The van der Waals surface area contributed by atoms with Crippen LogP contribution in [0.15, 0.2) is 79.1 Å². The van der Waals surface area contributed by atoms with Gasteiger partial charge in [-0.15, -0.1) is 0 Å². The van der Waals surface area contributed by atoms with Crippen LogP contribution in [0.3, 0.4) is 0 Å². The van der Waals surface area contributed by atoms with Gasteiger partial charge in [0.25, 0.3) is 0 Å². The van der Waals surface area contributed by atoms with Gasteiger partial charge in [0.1, 0.15) is 0 Å². The third-order valence-corrected chi connectivity index (χ3v) is 5.95. The average molecular weight is 399 g/mol. The number of rotatable bonds is 6. The van der Waals surface area contributed by atoms with Crippen molar-refractivity contribution in [1.29, 1.82) is 0 Å². The van der Waals surface area contributed by atoms with Crippen molar-refractivity contribution in [2.24, 2.45) is 11.1 Å². The summed E-state index contributed by atoms with van der Waals surface area (Å²) in [5.74, 6) is -0.316. The first-order valence-corrected chi connectivity index (χ1v) is 10.2. The zero-order valence-electron chi connectivity index (χ0n) is 16.8. The molecule has 30 heavy (non-hydrogen) atoms. The fourth-order valence-electron chi connectivity index (χ4n) is 4.24. The number of amides is 2. The third-order valence-electron chi connectivity index (χ3n) is 5.95. The van der Waals surface area contributed by atoms with Crippen LogP contribution in [0.25, 0.3) is 11.1 Å². The normalized spacial score (nSPS) is 18.3. The van der Waals surface area contributed by atoms with Gasteiger partial charge in [0.05, 0.1) is 11.8 Å². The van der Waals surface area contributed by atoms with Gasteiger partial charge < -0.3 is 10.6 Å². The van der Waals surface area contributed by atoms with Crippen molar-refractivity contribution in [2.45, 2.75) is 19.3 Å². The highest BCUT2D eigenvalue weighted by Gasteiger charge is 2.45. The highest BCUT2D eigenvalue weighted by Crippen LogP contribution is 2.37. The number of carbonyl (C=O) groups excluding carboxylic acids is 2. The maximum atomic E-state index is 12.8. The molecule has 152 valence electrons. The van der Waals surface area contributed by atoms with Crippen LogP contribution in [-0.2, 0) is 22.4 Å². The molecule has 5 nitrogen and oxygen atoms in total. The van der Waals surface area contributed by atoms with Crippen LogP contribution in [0.1, 0.15) is 17.5 Å². The van der Waals surface area contributed by atoms with Crippen molar-refractivity contribution in [3.05, 3.63) is 90.3 Å². The molecule has 0 aliphatic carbocycles. The largest absolute Gasteiger partial charge is 0.369 e. The van der Waals surface area contributed by atoms with Crippen molar-refractivity contribution in [1.82, 2.24) is 9.88 Å². The monoisotopic (exact) mass is 399 g/mol. The van der Waals surface area contributed by atoms with E-state index in [-0.39, 0.29) is 11.8 Å². The van der Waals surface area contributed by atoms with Gasteiger partial charge in [-0.25, -0.2) is 0 Å². The molecule has 1 atom stereocenters. The molecule has 0 spiro atoms. The maximum absolute atomic E-state index is 12.8. The zero-order valence-corrected chi connectivity index (χ0v) is 16.8. The fourth-order valence-corrected chi connectivity index (χ4v) is 4.24. The predicted octanol–water partition coefficient (Wildman–Crippen LogP) is 3.24. The van der Waals surface area contributed by atoms with Gasteiger partial charge >= 0.3 is 0 Å². The summed E-state index contributed by atoms with van der Waals surface area (Å²) in [6.45, 7) is 0.902. The summed E-state index contributed by atoms with van der Waals surface area (Å²) in [5, 5.41) is 0. The number of primary amides is 1. The molecule has 0 saturated carbocycles. The fraction of sp³-hybridized carbons (Fsp3) is 0.240. The number of likely N-dealkylation sites (tertiary alicyclic amines) is 1. The van der Waals surface area contributed by atoms with E-state index in [2.05, 4.69) is 4.98 Å². The molecular formula is C25H25N3O2. The molecule has 1 aliphatic heterocycles. The number of hydrogen-bond acceptors (Lipinski definition) is 3. The maximum Gasteiger partial charge on any atom is 0.227 e. The molecule has 2 aromatic carbocycles.